The molecule has 10 heavy (non-hydrogen) atoms. The summed E-state index contributed by atoms with van der Waals surface area (Å²) in [5.41, 5.74) is 5.07. The summed E-state index contributed by atoms with van der Waals surface area (Å²) in [6, 6.07) is 0. The maximum Gasteiger partial charge on any atom is 0.183 e. The van der Waals surface area contributed by atoms with Crippen LogP contribution in [0.25, 0.3) is 0 Å². The van der Waals surface area contributed by atoms with E-state index in [0.717, 1.165) is 11.3 Å². The van der Waals surface area contributed by atoms with Crippen LogP contribution < -0.4 is 5.73 Å². The maximum absolute atomic E-state index is 12.7. The highest BCUT2D eigenvalue weighted by Gasteiger charge is 2.09. The molecule has 2 nitrogen and oxygen atoms in total. The van der Waals surface area contributed by atoms with Crippen molar-refractivity contribution in [2.45, 2.75) is 6.17 Å². The zero-order valence-electron chi connectivity index (χ0n) is 5.05. The van der Waals surface area contributed by atoms with Crippen LogP contribution in [0.3, 0.4) is 0 Å². The fourth-order valence-electron chi connectivity index (χ4n) is 0.525. The Morgan fingerprint density at radius 3 is 3.00 bits per heavy atom. The lowest BCUT2D eigenvalue weighted by Crippen LogP contribution is -2.05. The van der Waals surface area contributed by atoms with E-state index in [1.807, 2.05) is 0 Å². The molecule has 2 N–H and O–H groups in total. The van der Waals surface area contributed by atoms with Gasteiger partial charge in [0.1, 0.15) is 6.17 Å². The summed E-state index contributed by atoms with van der Waals surface area (Å²) in [4.78, 5) is 4.17. The minimum absolute atomic E-state index is 0.0154. The molecule has 0 saturated carbocycles. The summed E-state index contributed by atoms with van der Waals surface area (Å²) in [7, 11) is 0. The smallest absolute Gasteiger partial charge is 0.183 e. The standard InChI is InChI=1S/C5H6ClFN2S/c6-5-9-2-4(10-5)3(7)1-8/h2-3H,1,8H2. The van der Waals surface area contributed by atoms with E-state index in [9.17, 15) is 4.39 Å². The molecule has 1 atom stereocenters. The highest BCUT2D eigenvalue weighted by Crippen LogP contribution is 2.25. The van der Waals surface area contributed by atoms with Gasteiger partial charge in [0.2, 0.25) is 0 Å². The molecule has 0 aliphatic carbocycles. The van der Waals surface area contributed by atoms with Crippen molar-refractivity contribution in [3.63, 3.8) is 0 Å². The average Bonchev–Trinajstić information content (AvgIpc) is 2.34. The Morgan fingerprint density at radius 1 is 1.90 bits per heavy atom. The molecule has 1 heterocycles. The Balaban J connectivity index is 2.74. The van der Waals surface area contributed by atoms with Crippen molar-refractivity contribution in [2.24, 2.45) is 5.73 Å². The molecule has 0 amide bonds. The zero-order chi connectivity index (χ0) is 7.56. The minimum Gasteiger partial charge on any atom is -0.327 e. The van der Waals surface area contributed by atoms with Crippen LogP contribution in [0.15, 0.2) is 6.20 Å². The number of hydrogen-bond donors (Lipinski definition) is 1. The molecule has 1 aromatic heterocycles. The summed E-state index contributed by atoms with van der Waals surface area (Å²) < 4.78 is 13.0. The molecule has 0 spiro atoms. The van der Waals surface area contributed by atoms with E-state index in [-0.39, 0.29) is 6.54 Å². The van der Waals surface area contributed by atoms with E-state index in [1.54, 1.807) is 0 Å². The molecule has 0 aliphatic heterocycles. The second kappa shape index (κ2) is 3.27. The van der Waals surface area contributed by atoms with Gasteiger partial charge in [0, 0.05) is 12.7 Å². The molecule has 0 bridgehead atoms. The highest BCUT2D eigenvalue weighted by atomic mass is 35.5. The van der Waals surface area contributed by atoms with Crippen LogP contribution in [0.2, 0.25) is 4.47 Å². The molecule has 0 aliphatic rings. The Labute approximate surface area is 66.8 Å². The van der Waals surface area contributed by atoms with E-state index in [1.165, 1.54) is 6.20 Å². The Morgan fingerprint density at radius 2 is 2.60 bits per heavy atom. The van der Waals surface area contributed by atoms with Crippen LogP contribution in [-0.2, 0) is 0 Å². The van der Waals surface area contributed by atoms with Gasteiger partial charge < -0.3 is 5.73 Å². The van der Waals surface area contributed by atoms with Gasteiger partial charge in [-0.25, -0.2) is 9.37 Å². The fraction of sp³-hybridized carbons (Fsp3) is 0.400. The molecule has 0 aromatic carbocycles. The van der Waals surface area contributed by atoms with Gasteiger partial charge in [0.15, 0.2) is 4.47 Å². The number of nitrogens with two attached hydrogens (primary N) is 1. The summed E-state index contributed by atoms with van der Waals surface area (Å²) in [6.45, 7) is -0.0154. The first kappa shape index (κ1) is 7.91. The second-order valence-electron chi connectivity index (χ2n) is 1.72. The first-order chi connectivity index (χ1) is 4.74. The van der Waals surface area contributed by atoms with Gasteiger partial charge in [-0.15, -0.1) is 11.3 Å². The molecule has 1 unspecified atom stereocenters. The molecular formula is C5H6ClFN2S. The van der Waals surface area contributed by atoms with Gasteiger partial charge in [-0.2, -0.15) is 0 Å². The topological polar surface area (TPSA) is 38.9 Å². The van der Waals surface area contributed by atoms with Crippen LogP contribution >= 0.6 is 22.9 Å². The maximum atomic E-state index is 12.7. The van der Waals surface area contributed by atoms with Gasteiger partial charge in [-0.05, 0) is 0 Å². The highest BCUT2D eigenvalue weighted by molar-refractivity contribution is 7.15. The number of aromatic nitrogens is 1. The second-order valence-corrected chi connectivity index (χ2v) is 3.36. The lowest BCUT2D eigenvalue weighted by molar-refractivity contribution is 0.358. The normalized spacial score (nSPS) is 13.5. The third-order valence-electron chi connectivity index (χ3n) is 1.01. The summed E-state index contributed by atoms with van der Waals surface area (Å²) in [5, 5.41) is 0. The molecule has 0 saturated heterocycles. The van der Waals surface area contributed by atoms with Crippen LogP contribution in [0.1, 0.15) is 11.0 Å². The van der Waals surface area contributed by atoms with Crippen LogP contribution in [0, 0.1) is 0 Å². The molecule has 5 heteroatoms. The van der Waals surface area contributed by atoms with Crippen molar-refractivity contribution in [1.29, 1.82) is 0 Å². The molecule has 1 aromatic rings. The third-order valence-corrected chi connectivity index (χ3v) is 2.21. The monoisotopic (exact) mass is 180 g/mol. The molecule has 0 fully saturated rings. The first-order valence-corrected chi connectivity index (χ1v) is 3.89. The zero-order valence-corrected chi connectivity index (χ0v) is 6.62. The van der Waals surface area contributed by atoms with Gasteiger partial charge >= 0.3 is 0 Å². The number of nitrogens with zero attached hydrogens (tertiary/aromatic N) is 1. The number of halogens is 2. The van der Waals surface area contributed by atoms with Gasteiger partial charge in [-0.3, -0.25) is 0 Å². The van der Waals surface area contributed by atoms with Crippen molar-refractivity contribution in [2.75, 3.05) is 6.54 Å². The third kappa shape index (κ3) is 1.65. The van der Waals surface area contributed by atoms with E-state index in [2.05, 4.69) is 4.98 Å². The summed E-state index contributed by atoms with van der Waals surface area (Å²) in [6.07, 6.45) is 0.287. The van der Waals surface area contributed by atoms with Gasteiger partial charge in [0.25, 0.3) is 0 Å². The lowest BCUT2D eigenvalue weighted by Gasteiger charge is -1.97. The predicted octanol–water partition coefficient (Wildman–Crippen LogP) is 1.77. The first-order valence-electron chi connectivity index (χ1n) is 2.69. The van der Waals surface area contributed by atoms with Crippen molar-refractivity contribution in [3.8, 4) is 0 Å². The van der Waals surface area contributed by atoms with Crippen molar-refractivity contribution < 1.29 is 4.39 Å². The molecule has 0 radical (unpaired) electrons. The Kier molecular flexibility index (Phi) is 2.59. The minimum atomic E-state index is -1.12. The van der Waals surface area contributed by atoms with E-state index >= 15 is 0 Å². The van der Waals surface area contributed by atoms with E-state index < -0.39 is 6.17 Å². The molecule has 56 valence electrons. The number of rotatable bonds is 2. The summed E-state index contributed by atoms with van der Waals surface area (Å²) >= 11 is 6.58. The fourth-order valence-corrected chi connectivity index (χ4v) is 1.47. The SMILES string of the molecule is NCC(F)c1cnc(Cl)s1. The number of thiazole rings is 1. The molecule has 1 rings (SSSR count). The van der Waals surface area contributed by atoms with Gasteiger partial charge in [-0.1, -0.05) is 11.6 Å². The lowest BCUT2D eigenvalue weighted by atomic mass is 10.3. The Bertz CT molecular complexity index is 215. The number of hydrogen-bond acceptors (Lipinski definition) is 3. The predicted molar refractivity (Wildman–Crippen MR) is 40.0 cm³/mol. The average molecular weight is 181 g/mol. The van der Waals surface area contributed by atoms with Crippen molar-refractivity contribution in [3.05, 3.63) is 15.5 Å². The Hall–Kier alpha value is -0.190. The van der Waals surface area contributed by atoms with Crippen molar-refractivity contribution >= 4 is 22.9 Å². The van der Waals surface area contributed by atoms with Gasteiger partial charge in [0.05, 0.1) is 4.88 Å². The number of alkyl halides is 1. The largest absolute Gasteiger partial charge is 0.327 e. The molecular weight excluding hydrogens is 175 g/mol. The van der Waals surface area contributed by atoms with Crippen LogP contribution in [0.4, 0.5) is 4.39 Å². The van der Waals surface area contributed by atoms with E-state index in [4.69, 9.17) is 17.3 Å². The van der Waals surface area contributed by atoms with E-state index in [0.29, 0.717) is 9.34 Å². The van der Waals surface area contributed by atoms with Crippen LogP contribution in [0.5, 0.6) is 0 Å². The quantitative estimate of drug-likeness (QED) is 0.754. The van der Waals surface area contributed by atoms with Crippen LogP contribution in [-0.4, -0.2) is 11.5 Å². The summed E-state index contributed by atoms with van der Waals surface area (Å²) in [5.74, 6) is 0. The van der Waals surface area contributed by atoms with Crippen molar-refractivity contribution in [1.82, 2.24) is 4.98 Å².